The van der Waals surface area contributed by atoms with Crippen molar-refractivity contribution in [1.82, 2.24) is 0 Å². The summed E-state index contributed by atoms with van der Waals surface area (Å²) in [6.07, 6.45) is -9.49. The Morgan fingerprint density at radius 1 is 1.11 bits per heavy atom. The molecule has 0 saturated carbocycles. The van der Waals surface area contributed by atoms with Crippen LogP contribution >= 0.6 is 0 Å². The maximum absolute atomic E-state index is 11.0. The van der Waals surface area contributed by atoms with E-state index in [9.17, 15) is 45.4 Å². The van der Waals surface area contributed by atoms with Crippen molar-refractivity contribution in [3.8, 4) is 0 Å². The summed E-state index contributed by atoms with van der Waals surface area (Å²) in [6.45, 7) is -0.599. The minimum absolute atomic E-state index is 0. The van der Waals surface area contributed by atoms with Gasteiger partial charge in [-0.2, -0.15) is 0 Å². The topological polar surface area (TPSA) is 206 Å². The molecular formula is C13H13KN2O11. The average molecular weight is 412 g/mol. The fraction of sp³-hybridized carbons (Fsp3) is 0.462. The van der Waals surface area contributed by atoms with Gasteiger partial charge >= 0.3 is 51.4 Å². The number of hydrogen-bond acceptors (Lipinski definition) is 11. The molecule has 1 aliphatic heterocycles. The average Bonchev–Trinajstić information content (AvgIpc) is 2.58. The number of non-ortho nitro benzene ring substituents is 1. The Bertz CT molecular complexity index is 730. The molecule has 0 amide bonds. The maximum atomic E-state index is 11.0. The molecule has 13 nitrogen and oxygen atoms in total. The van der Waals surface area contributed by atoms with Gasteiger partial charge in [-0.3, -0.25) is 20.2 Å². The van der Waals surface area contributed by atoms with Crippen LogP contribution < -0.4 is 56.5 Å². The van der Waals surface area contributed by atoms with Crippen LogP contribution in [0.3, 0.4) is 0 Å². The Kier molecular flexibility index (Phi) is 8.81. The molecule has 3 N–H and O–H groups in total. The Hall–Kier alpha value is -1.07. The van der Waals surface area contributed by atoms with Crippen molar-refractivity contribution in [2.75, 3.05) is 0 Å². The molecule has 5 atom stereocenters. The summed E-state index contributed by atoms with van der Waals surface area (Å²) in [4.78, 5) is 30.9. The van der Waals surface area contributed by atoms with Gasteiger partial charge in [-0.05, 0) is 6.07 Å². The Morgan fingerprint density at radius 2 is 1.74 bits per heavy atom. The van der Waals surface area contributed by atoms with Crippen LogP contribution in [0.5, 0.6) is 0 Å². The van der Waals surface area contributed by atoms with Crippen LogP contribution in [-0.4, -0.2) is 61.8 Å². The molecule has 0 unspecified atom stereocenters. The number of carboxylic acids is 1. The number of aliphatic hydroxyl groups excluding tert-OH is 3. The molecule has 1 aromatic carbocycles. The summed E-state index contributed by atoms with van der Waals surface area (Å²) in [5, 5.41) is 61.5. The third-order valence-electron chi connectivity index (χ3n) is 3.68. The fourth-order valence-corrected chi connectivity index (χ4v) is 2.31. The zero-order chi connectivity index (χ0) is 19.6. The molecule has 0 aliphatic carbocycles. The number of carbonyl (C=O) groups is 1. The fourth-order valence-electron chi connectivity index (χ4n) is 2.31. The van der Waals surface area contributed by atoms with Crippen LogP contribution in [0, 0.1) is 20.2 Å². The van der Waals surface area contributed by atoms with Crippen molar-refractivity contribution >= 4 is 17.3 Å². The summed E-state index contributed by atoms with van der Waals surface area (Å²) in [7, 11) is 0. The zero-order valence-corrected chi connectivity index (χ0v) is 17.0. The molecule has 0 spiro atoms. The van der Waals surface area contributed by atoms with E-state index in [1.165, 1.54) is 0 Å². The van der Waals surface area contributed by atoms with E-state index in [1.54, 1.807) is 0 Å². The van der Waals surface area contributed by atoms with Crippen LogP contribution in [0.2, 0.25) is 0 Å². The van der Waals surface area contributed by atoms with E-state index in [2.05, 4.69) is 0 Å². The van der Waals surface area contributed by atoms with Crippen LogP contribution in [0.15, 0.2) is 18.2 Å². The van der Waals surface area contributed by atoms with E-state index < -0.39 is 64.5 Å². The van der Waals surface area contributed by atoms with Gasteiger partial charge in [0.1, 0.15) is 24.4 Å². The number of nitro groups is 2. The van der Waals surface area contributed by atoms with E-state index in [-0.39, 0.29) is 56.9 Å². The number of ether oxygens (including phenoxy) is 2. The number of rotatable bonds is 6. The van der Waals surface area contributed by atoms with Crippen molar-refractivity contribution in [2.45, 2.75) is 37.3 Å². The summed E-state index contributed by atoms with van der Waals surface area (Å²) < 4.78 is 9.87. The first-order valence-corrected chi connectivity index (χ1v) is 7.07. The molecule has 1 saturated heterocycles. The smallest absolute Gasteiger partial charge is 0.547 e. The Morgan fingerprint density at radius 3 is 2.26 bits per heavy atom. The number of carboxylic acid groups (broad SMARTS) is 1. The second-order valence-electron chi connectivity index (χ2n) is 5.35. The molecule has 1 heterocycles. The van der Waals surface area contributed by atoms with Gasteiger partial charge in [0.25, 0.3) is 11.4 Å². The molecule has 1 aliphatic rings. The first-order valence-electron chi connectivity index (χ1n) is 7.07. The SMILES string of the molecule is O=C([O-])[C@H]1O[C@@H](OCc2ccc([N+](=O)[O-])cc2[N+](=O)[O-])[C@H](O)[C@@H](O)[C@@H]1O.[K+]. The van der Waals surface area contributed by atoms with Crippen LogP contribution in [-0.2, 0) is 20.9 Å². The molecule has 2 rings (SSSR count). The van der Waals surface area contributed by atoms with Gasteiger partial charge in [0.2, 0.25) is 0 Å². The third-order valence-corrected chi connectivity index (χ3v) is 3.68. The van der Waals surface area contributed by atoms with E-state index in [1.807, 2.05) is 0 Å². The van der Waals surface area contributed by atoms with E-state index in [4.69, 9.17) is 9.47 Å². The van der Waals surface area contributed by atoms with Gasteiger partial charge < -0.3 is 34.7 Å². The van der Waals surface area contributed by atoms with Crippen molar-refractivity contribution in [1.29, 1.82) is 0 Å². The van der Waals surface area contributed by atoms with Crippen molar-refractivity contribution < 1.29 is 95.9 Å². The van der Waals surface area contributed by atoms with Crippen LogP contribution in [0.25, 0.3) is 0 Å². The summed E-state index contributed by atoms with van der Waals surface area (Å²) in [6, 6.07) is 2.75. The van der Waals surface area contributed by atoms with Gasteiger partial charge in [-0.15, -0.1) is 0 Å². The van der Waals surface area contributed by atoms with Gasteiger partial charge in [0.05, 0.1) is 34.1 Å². The quantitative estimate of drug-likeness (QED) is 0.228. The first-order chi connectivity index (χ1) is 12.1. The van der Waals surface area contributed by atoms with Gasteiger partial charge in [0.15, 0.2) is 6.29 Å². The largest absolute Gasteiger partial charge is 1.00 e. The number of benzene rings is 1. The summed E-state index contributed by atoms with van der Waals surface area (Å²) in [5.41, 5.74) is -1.28. The summed E-state index contributed by atoms with van der Waals surface area (Å²) in [5.74, 6) is -1.86. The van der Waals surface area contributed by atoms with Crippen molar-refractivity contribution in [3.05, 3.63) is 44.0 Å². The van der Waals surface area contributed by atoms with E-state index in [0.29, 0.717) is 6.07 Å². The zero-order valence-electron chi connectivity index (χ0n) is 13.8. The van der Waals surface area contributed by atoms with E-state index in [0.717, 1.165) is 12.1 Å². The standard InChI is InChI=1S/C13H14N2O11.K/c16-8-9(17)11(12(19)20)26-13(10(8)18)25-4-5-1-2-6(14(21)22)3-7(5)15(23)24;/h1-3,8-11,13,16-18H,4H2,(H,19,20);/q;+1/p-1/t8-,9-,10+,11-,13+;/m0./s1. The molecule has 0 aromatic heterocycles. The van der Waals surface area contributed by atoms with Crippen LogP contribution in [0.1, 0.15) is 5.56 Å². The first kappa shape index (κ1) is 24.0. The molecule has 27 heavy (non-hydrogen) atoms. The third kappa shape index (κ3) is 5.47. The Labute approximate surface area is 193 Å². The molecule has 14 heteroatoms. The summed E-state index contributed by atoms with van der Waals surface area (Å²) >= 11 is 0. The predicted octanol–water partition coefficient (Wildman–Crippen LogP) is -5.42. The molecule has 142 valence electrons. The number of nitro benzene ring substituents is 2. The molecule has 0 bridgehead atoms. The number of carbonyl (C=O) groups excluding carboxylic acids is 1. The van der Waals surface area contributed by atoms with Gasteiger partial charge in [0, 0.05) is 6.07 Å². The minimum atomic E-state index is -2.00. The molecule has 1 aromatic rings. The Balaban J connectivity index is 0.00000364. The molecule has 0 radical (unpaired) electrons. The second-order valence-corrected chi connectivity index (χ2v) is 5.35. The monoisotopic (exact) mass is 412 g/mol. The van der Waals surface area contributed by atoms with Gasteiger partial charge in [-0.1, -0.05) is 0 Å². The van der Waals surface area contributed by atoms with E-state index >= 15 is 0 Å². The predicted molar refractivity (Wildman–Crippen MR) is 76.2 cm³/mol. The van der Waals surface area contributed by atoms with Crippen molar-refractivity contribution in [3.63, 3.8) is 0 Å². The number of hydrogen-bond donors (Lipinski definition) is 3. The van der Waals surface area contributed by atoms with Crippen molar-refractivity contribution in [2.24, 2.45) is 0 Å². The molecular weight excluding hydrogens is 399 g/mol. The number of aliphatic carboxylic acids is 1. The second kappa shape index (κ2) is 9.92. The maximum Gasteiger partial charge on any atom is 1.00 e. The normalized spacial score (nSPS) is 27.4. The van der Waals surface area contributed by atoms with Crippen LogP contribution in [0.4, 0.5) is 11.4 Å². The number of nitrogens with zero attached hydrogens (tertiary/aromatic N) is 2. The molecule has 1 fully saturated rings. The minimum Gasteiger partial charge on any atom is -0.547 e. The number of aliphatic hydroxyl groups is 3. The van der Waals surface area contributed by atoms with Gasteiger partial charge in [-0.25, -0.2) is 0 Å².